The molecule has 10 nitrogen and oxygen atoms in total. The zero-order chi connectivity index (χ0) is 41.4. The normalized spacial score (nSPS) is 20.9. The van der Waals surface area contributed by atoms with E-state index in [0.29, 0.717) is 48.4 Å². The predicted octanol–water partition coefficient (Wildman–Crippen LogP) is 7.13. The average Bonchev–Trinajstić information content (AvgIpc) is 3.53. The molecule has 0 spiro atoms. The number of hydrogen-bond acceptors (Lipinski definition) is 8. The fourth-order valence-corrected chi connectivity index (χ4v) is 8.70. The summed E-state index contributed by atoms with van der Waals surface area (Å²) >= 11 is 0. The summed E-state index contributed by atoms with van der Waals surface area (Å²) in [6, 6.07) is 16.9. The predicted molar refractivity (Wildman–Crippen MR) is 206 cm³/mol. The van der Waals surface area contributed by atoms with Crippen molar-refractivity contribution in [3.8, 4) is 17.2 Å². The van der Waals surface area contributed by atoms with Crippen molar-refractivity contribution in [2.75, 3.05) is 50.8 Å². The van der Waals surface area contributed by atoms with Crippen LogP contribution in [-0.4, -0.2) is 84.6 Å². The zero-order valence-corrected chi connectivity index (χ0v) is 32.1. The Morgan fingerprint density at radius 1 is 0.847 bits per heavy atom. The van der Waals surface area contributed by atoms with Crippen LogP contribution < -0.4 is 19.7 Å². The minimum atomic E-state index is -4.90. The van der Waals surface area contributed by atoms with Gasteiger partial charge < -0.3 is 24.4 Å². The molecular formula is C44H43F5N4O6. The third-order valence-electron chi connectivity index (χ3n) is 11.8. The standard InChI is InChI=1S/C44H43F5N4O6/c45-35-10-4-26(21-34(35)44(47,48)49)33-25-59-39-23-30(54)7-9-32(39)41(33)27-5-12-38(36(46)22-27)58-19-3-1-2-14-51-15-17-52(18-16-51)29-6-8-31-28(20-29)24-53(43(31)57)37-11-13-40(55)50-42(37)56/h4-10,12,20-23,33,37,41,54H,1-3,11,13-19,24-25H2,(H,50,55,56)/t33-,37?,41-/m0/s1. The number of hydrogen-bond donors (Lipinski definition) is 2. The van der Waals surface area contributed by atoms with Gasteiger partial charge in [0.05, 0.1) is 18.8 Å². The molecule has 2 saturated heterocycles. The smallest absolute Gasteiger partial charge is 0.419 e. The van der Waals surface area contributed by atoms with E-state index in [1.54, 1.807) is 17.0 Å². The highest BCUT2D eigenvalue weighted by atomic mass is 19.4. The van der Waals surface area contributed by atoms with Gasteiger partial charge in [-0.25, -0.2) is 8.78 Å². The van der Waals surface area contributed by atoms with Crippen LogP contribution in [0.4, 0.5) is 27.6 Å². The molecule has 1 unspecified atom stereocenters. The quantitative estimate of drug-likeness (QED) is 0.0936. The number of unbranched alkanes of at least 4 members (excludes halogenated alkanes) is 2. The Balaban J connectivity index is 0.815. The summed E-state index contributed by atoms with van der Waals surface area (Å²) in [6.45, 7) is 4.85. The number of aromatic hydroxyl groups is 1. The Bertz CT molecular complexity index is 2260. The molecule has 4 aromatic rings. The van der Waals surface area contributed by atoms with Crippen molar-refractivity contribution in [2.24, 2.45) is 0 Å². The number of halogens is 5. The summed E-state index contributed by atoms with van der Waals surface area (Å²) in [7, 11) is 0. The monoisotopic (exact) mass is 818 g/mol. The first-order valence-electron chi connectivity index (χ1n) is 19.8. The van der Waals surface area contributed by atoms with Crippen LogP contribution in [0.3, 0.4) is 0 Å². The van der Waals surface area contributed by atoms with Crippen LogP contribution in [0.5, 0.6) is 17.2 Å². The second-order valence-electron chi connectivity index (χ2n) is 15.5. The van der Waals surface area contributed by atoms with Crippen molar-refractivity contribution in [1.82, 2.24) is 15.1 Å². The molecule has 3 amide bonds. The highest BCUT2D eigenvalue weighted by molar-refractivity contribution is 6.05. The number of carbonyl (C=O) groups excluding carboxylic acids is 3. The van der Waals surface area contributed by atoms with Gasteiger partial charge in [0.25, 0.3) is 5.91 Å². The van der Waals surface area contributed by atoms with Crippen molar-refractivity contribution < 1.29 is 50.9 Å². The summed E-state index contributed by atoms with van der Waals surface area (Å²) in [5.74, 6) is -3.99. The van der Waals surface area contributed by atoms with Crippen LogP contribution in [-0.2, 0) is 22.3 Å². The highest BCUT2D eigenvalue weighted by Gasteiger charge is 2.40. The van der Waals surface area contributed by atoms with Crippen LogP contribution in [0.25, 0.3) is 0 Å². The van der Waals surface area contributed by atoms with Gasteiger partial charge in [-0.2, -0.15) is 13.2 Å². The second-order valence-corrected chi connectivity index (χ2v) is 15.5. The molecule has 4 aromatic carbocycles. The molecule has 8 rings (SSSR count). The molecule has 0 aromatic heterocycles. The summed E-state index contributed by atoms with van der Waals surface area (Å²) in [4.78, 5) is 43.3. The number of phenolic OH excluding ortho intramolecular Hbond substituents is 1. The first-order chi connectivity index (χ1) is 28.3. The molecular weight excluding hydrogens is 775 g/mol. The zero-order valence-electron chi connectivity index (χ0n) is 32.1. The van der Waals surface area contributed by atoms with Crippen LogP contribution in [0.15, 0.2) is 72.8 Å². The number of piperazine rings is 1. The summed E-state index contributed by atoms with van der Waals surface area (Å²) < 4.78 is 82.3. The molecule has 0 radical (unpaired) electrons. The molecule has 2 N–H and O–H groups in total. The number of nitrogens with zero attached hydrogens (tertiary/aromatic N) is 3. The first kappa shape index (κ1) is 40.1. The fourth-order valence-electron chi connectivity index (χ4n) is 8.70. The molecule has 59 heavy (non-hydrogen) atoms. The Hall–Kier alpha value is -5.70. The third-order valence-corrected chi connectivity index (χ3v) is 11.8. The van der Waals surface area contributed by atoms with Gasteiger partial charge in [0, 0.05) is 73.9 Å². The van der Waals surface area contributed by atoms with Crippen molar-refractivity contribution in [3.05, 3.63) is 118 Å². The van der Waals surface area contributed by atoms with Crippen LogP contribution >= 0.6 is 0 Å². The second kappa shape index (κ2) is 16.5. The Morgan fingerprint density at radius 2 is 1.64 bits per heavy atom. The highest BCUT2D eigenvalue weighted by Crippen LogP contribution is 2.48. The molecule has 4 heterocycles. The van der Waals surface area contributed by atoms with E-state index in [9.17, 15) is 37.1 Å². The number of benzene rings is 4. The molecule has 4 aliphatic heterocycles. The average molecular weight is 819 g/mol. The van der Waals surface area contributed by atoms with E-state index in [1.165, 1.54) is 30.3 Å². The number of amides is 3. The van der Waals surface area contributed by atoms with Crippen LogP contribution in [0.1, 0.15) is 82.1 Å². The number of nitrogens with one attached hydrogen (secondary N) is 1. The number of anilines is 1. The Labute approximate surface area is 337 Å². The lowest BCUT2D eigenvalue weighted by Crippen LogP contribution is -2.52. The maximum atomic E-state index is 15.6. The minimum Gasteiger partial charge on any atom is -0.508 e. The molecule has 0 bridgehead atoms. The topological polar surface area (TPSA) is 112 Å². The van der Waals surface area contributed by atoms with Gasteiger partial charge in [0.1, 0.15) is 23.4 Å². The lowest BCUT2D eigenvalue weighted by Gasteiger charge is -2.36. The van der Waals surface area contributed by atoms with Crippen molar-refractivity contribution in [3.63, 3.8) is 0 Å². The number of rotatable bonds is 11. The Morgan fingerprint density at radius 3 is 2.41 bits per heavy atom. The third kappa shape index (κ3) is 8.43. The number of fused-ring (bicyclic) bond motifs is 2. The van der Waals surface area contributed by atoms with Gasteiger partial charge in [-0.05, 0) is 97.4 Å². The molecule has 15 heteroatoms. The lowest BCUT2D eigenvalue weighted by molar-refractivity contribution is -0.140. The fraction of sp³-hybridized carbons (Fsp3) is 0.386. The molecule has 310 valence electrons. The van der Waals surface area contributed by atoms with E-state index in [-0.39, 0.29) is 41.9 Å². The maximum Gasteiger partial charge on any atom is 0.419 e. The number of phenols is 1. The van der Waals surface area contributed by atoms with E-state index >= 15 is 4.39 Å². The van der Waals surface area contributed by atoms with Gasteiger partial charge in [-0.3, -0.25) is 24.6 Å². The maximum absolute atomic E-state index is 15.6. The molecule has 4 aliphatic rings. The number of ether oxygens (including phenoxy) is 2. The number of alkyl halides is 3. The summed E-state index contributed by atoms with van der Waals surface area (Å²) in [6.07, 6.45) is -1.86. The number of imide groups is 1. The minimum absolute atomic E-state index is 0.0557. The largest absolute Gasteiger partial charge is 0.508 e. The SMILES string of the molecule is O=C1CCC(N2Cc3cc(N4CCN(CCCCCOc5ccc([C@H]6c7ccc(O)cc7OC[C@H]6c6ccc(F)c(C(F)(F)F)c6)cc5F)CC4)ccc3C2=O)C(=O)N1. The van der Waals surface area contributed by atoms with Crippen LogP contribution in [0, 0.1) is 11.6 Å². The summed E-state index contributed by atoms with van der Waals surface area (Å²) in [5.41, 5.74) is 2.32. The van der Waals surface area contributed by atoms with Gasteiger partial charge in [0.15, 0.2) is 11.6 Å². The van der Waals surface area contributed by atoms with E-state index in [2.05, 4.69) is 15.1 Å². The first-order valence-corrected chi connectivity index (χ1v) is 19.8. The Kier molecular flexibility index (Phi) is 11.2. The molecule has 0 saturated carbocycles. The number of carbonyl (C=O) groups is 3. The van der Waals surface area contributed by atoms with E-state index < -0.39 is 47.2 Å². The van der Waals surface area contributed by atoms with Crippen molar-refractivity contribution in [2.45, 2.75) is 62.7 Å². The van der Waals surface area contributed by atoms with Crippen molar-refractivity contribution >= 4 is 23.4 Å². The molecule has 3 atom stereocenters. The van der Waals surface area contributed by atoms with Gasteiger partial charge >= 0.3 is 6.18 Å². The lowest BCUT2D eigenvalue weighted by atomic mass is 9.75. The van der Waals surface area contributed by atoms with Crippen molar-refractivity contribution in [1.29, 1.82) is 0 Å². The molecule has 0 aliphatic carbocycles. The van der Waals surface area contributed by atoms with Gasteiger partial charge in [0.2, 0.25) is 11.8 Å². The van der Waals surface area contributed by atoms with Crippen LogP contribution in [0.2, 0.25) is 0 Å². The van der Waals surface area contributed by atoms with Gasteiger partial charge in [-0.1, -0.05) is 18.2 Å². The van der Waals surface area contributed by atoms with E-state index in [4.69, 9.17) is 9.47 Å². The molecule has 2 fully saturated rings. The van der Waals surface area contributed by atoms with Gasteiger partial charge in [-0.15, -0.1) is 0 Å². The van der Waals surface area contributed by atoms with E-state index in [0.717, 1.165) is 68.9 Å². The number of piperidine rings is 1. The summed E-state index contributed by atoms with van der Waals surface area (Å²) in [5, 5.41) is 12.4. The van der Waals surface area contributed by atoms with E-state index in [1.807, 2.05) is 18.2 Å².